The molecule has 1 amide bonds. The summed E-state index contributed by atoms with van der Waals surface area (Å²) in [6.45, 7) is 5.09. The molecule has 5 nitrogen and oxygen atoms in total. The number of hydrogen-bond acceptors (Lipinski definition) is 3. The highest BCUT2D eigenvalue weighted by Gasteiger charge is 2.39. The van der Waals surface area contributed by atoms with Gasteiger partial charge in [0.15, 0.2) is 0 Å². The van der Waals surface area contributed by atoms with E-state index in [-0.39, 0.29) is 11.8 Å². The third-order valence-electron chi connectivity index (χ3n) is 5.74. The molecule has 0 bridgehead atoms. The number of anilines is 2. The number of carbonyl (C=O) groups excluding carboxylic acids is 1. The number of nitrogens with zero attached hydrogens (tertiary/aromatic N) is 2. The summed E-state index contributed by atoms with van der Waals surface area (Å²) in [5, 5.41) is 0. The van der Waals surface area contributed by atoms with Crippen molar-refractivity contribution in [1.29, 1.82) is 0 Å². The molecular weight excluding hydrogens is 372 g/mol. The fraction of sp³-hybridized carbons (Fsp3) is 0.409. The number of aryl methyl sites for hydroxylation is 1. The van der Waals surface area contributed by atoms with Gasteiger partial charge >= 0.3 is 0 Å². The Morgan fingerprint density at radius 2 is 1.93 bits per heavy atom. The normalized spacial score (nSPS) is 18.3. The SMILES string of the molecule is CCCCN(c1ccccc1)S(=O)(=O)c1cc2c3c(c1)[C@@H](C)C(=O)N3CCC2. The average Bonchev–Trinajstić information content (AvgIpc) is 2.95. The van der Waals surface area contributed by atoms with E-state index in [0.29, 0.717) is 17.1 Å². The summed E-state index contributed by atoms with van der Waals surface area (Å²) >= 11 is 0. The first-order valence-corrected chi connectivity index (χ1v) is 11.4. The van der Waals surface area contributed by atoms with E-state index < -0.39 is 10.0 Å². The van der Waals surface area contributed by atoms with Gasteiger partial charge in [-0.05, 0) is 61.6 Å². The Morgan fingerprint density at radius 1 is 1.18 bits per heavy atom. The van der Waals surface area contributed by atoms with Crippen molar-refractivity contribution in [3.05, 3.63) is 53.6 Å². The largest absolute Gasteiger partial charge is 0.311 e. The van der Waals surface area contributed by atoms with Crippen LogP contribution < -0.4 is 9.21 Å². The molecule has 0 unspecified atom stereocenters. The fourth-order valence-electron chi connectivity index (χ4n) is 4.23. The highest BCUT2D eigenvalue weighted by molar-refractivity contribution is 7.92. The molecule has 0 radical (unpaired) electrons. The van der Waals surface area contributed by atoms with Gasteiger partial charge in [-0.1, -0.05) is 31.5 Å². The molecule has 2 heterocycles. The molecule has 148 valence electrons. The maximum atomic E-state index is 13.6. The lowest BCUT2D eigenvalue weighted by Crippen LogP contribution is -2.33. The lowest BCUT2D eigenvalue weighted by Gasteiger charge is -2.28. The minimum absolute atomic E-state index is 0.0800. The number of para-hydroxylation sites is 1. The predicted octanol–water partition coefficient (Wildman–Crippen LogP) is 4.08. The van der Waals surface area contributed by atoms with Crippen molar-refractivity contribution in [2.75, 3.05) is 22.3 Å². The molecule has 6 heteroatoms. The van der Waals surface area contributed by atoms with Gasteiger partial charge in [-0.3, -0.25) is 9.10 Å². The summed E-state index contributed by atoms with van der Waals surface area (Å²) in [7, 11) is -3.71. The first kappa shape index (κ1) is 19.0. The van der Waals surface area contributed by atoms with Gasteiger partial charge in [0.05, 0.1) is 22.2 Å². The molecule has 0 spiro atoms. The summed E-state index contributed by atoms with van der Waals surface area (Å²) in [6, 6.07) is 12.8. The van der Waals surface area contributed by atoms with Crippen molar-refractivity contribution >= 4 is 27.3 Å². The molecule has 0 fully saturated rings. The summed E-state index contributed by atoms with van der Waals surface area (Å²) in [5.41, 5.74) is 3.45. The van der Waals surface area contributed by atoms with Crippen LogP contribution in [-0.2, 0) is 21.2 Å². The standard InChI is InChI=1S/C22H26N2O3S/c1-3-4-13-24(18-10-6-5-7-11-18)28(26,27)19-14-17-9-8-12-23-21(17)20(15-19)16(2)22(23)25/h5-7,10-11,14-16H,3-4,8-9,12-13H2,1-2H3/t16-/m1/s1. The number of sulfonamides is 1. The number of rotatable bonds is 6. The number of hydrogen-bond donors (Lipinski definition) is 0. The van der Waals surface area contributed by atoms with Crippen LogP contribution in [0.25, 0.3) is 0 Å². The Hall–Kier alpha value is -2.34. The fourth-order valence-corrected chi connectivity index (χ4v) is 5.82. The molecule has 1 atom stereocenters. The van der Waals surface area contributed by atoms with Crippen LogP contribution in [0.2, 0.25) is 0 Å². The van der Waals surface area contributed by atoms with Gasteiger partial charge in [0, 0.05) is 13.1 Å². The van der Waals surface area contributed by atoms with E-state index >= 15 is 0 Å². The number of amides is 1. The molecule has 0 aliphatic carbocycles. The second-order valence-electron chi connectivity index (χ2n) is 7.60. The second-order valence-corrected chi connectivity index (χ2v) is 9.46. The number of carbonyl (C=O) groups is 1. The number of unbranched alkanes of at least 4 members (excludes halogenated alkanes) is 1. The van der Waals surface area contributed by atoms with Crippen LogP contribution in [0.3, 0.4) is 0 Å². The van der Waals surface area contributed by atoms with E-state index in [1.807, 2.05) is 42.2 Å². The van der Waals surface area contributed by atoms with Crippen LogP contribution in [0.1, 0.15) is 50.2 Å². The summed E-state index contributed by atoms with van der Waals surface area (Å²) in [4.78, 5) is 14.7. The molecule has 0 saturated heterocycles. The third-order valence-corrected chi connectivity index (χ3v) is 7.54. The highest BCUT2D eigenvalue weighted by atomic mass is 32.2. The van der Waals surface area contributed by atoms with E-state index in [4.69, 9.17) is 0 Å². The van der Waals surface area contributed by atoms with Crippen molar-refractivity contribution in [3.8, 4) is 0 Å². The van der Waals surface area contributed by atoms with E-state index in [1.165, 1.54) is 4.31 Å². The second kappa shape index (κ2) is 7.24. The number of benzene rings is 2. The van der Waals surface area contributed by atoms with Crippen molar-refractivity contribution in [3.63, 3.8) is 0 Å². The molecule has 0 N–H and O–H groups in total. The van der Waals surface area contributed by atoms with Crippen LogP contribution in [0.5, 0.6) is 0 Å². The minimum Gasteiger partial charge on any atom is -0.311 e. The summed E-state index contributed by atoms with van der Waals surface area (Å²) < 4.78 is 28.8. The van der Waals surface area contributed by atoms with Crippen molar-refractivity contribution in [2.24, 2.45) is 0 Å². The highest BCUT2D eigenvalue weighted by Crippen LogP contribution is 2.44. The zero-order chi connectivity index (χ0) is 19.9. The molecule has 28 heavy (non-hydrogen) atoms. The molecule has 0 aromatic heterocycles. The first-order valence-electron chi connectivity index (χ1n) is 10.0. The molecule has 2 aliphatic heterocycles. The Morgan fingerprint density at radius 3 is 2.64 bits per heavy atom. The molecule has 2 aromatic carbocycles. The van der Waals surface area contributed by atoms with Crippen LogP contribution in [0, 0.1) is 0 Å². The first-order chi connectivity index (χ1) is 13.4. The average molecular weight is 399 g/mol. The van der Waals surface area contributed by atoms with Gasteiger partial charge in [0.2, 0.25) is 5.91 Å². The lowest BCUT2D eigenvalue weighted by molar-refractivity contribution is -0.119. The third kappa shape index (κ3) is 3.00. The molecule has 2 aromatic rings. The Labute approximate surface area is 167 Å². The van der Waals surface area contributed by atoms with E-state index in [2.05, 4.69) is 6.92 Å². The quantitative estimate of drug-likeness (QED) is 0.737. The summed E-state index contributed by atoms with van der Waals surface area (Å²) in [5.74, 6) is -0.209. The van der Waals surface area contributed by atoms with Crippen LogP contribution in [0.4, 0.5) is 11.4 Å². The molecule has 0 saturated carbocycles. The Kier molecular flexibility index (Phi) is 4.91. The molecular formula is C22H26N2O3S. The smallest absolute Gasteiger partial charge is 0.264 e. The maximum Gasteiger partial charge on any atom is 0.264 e. The van der Waals surface area contributed by atoms with Crippen molar-refractivity contribution in [1.82, 2.24) is 0 Å². The van der Waals surface area contributed by atoms with E-state index in [1.54, 1.807) is 12.1 Å². The van der Waals surface area contributed by atoms with Crippen LogP contribution in [-0.4, -0.2) is 27.4 Å². The topological polar surface area (TPSA) is 57.7 Å². The van der Waals surface area contributed by atoms with E-state index in [0.717, 1.165) is 49.0 Å². The van der Waals surface area contributed by atoms with Gasteiger partial charge in [-0.2, -0.15) is 0 Å². The summed E-state index contributed by atoms with van der Waals surface area (Å²) in [6.07, 6.45) is 3.37. The van der Waals surface area contributed by atoms with Gasteiger partial charge < -0.3 is 4.90 Å². The lowest BCUT2D eigenvalue weighted by atomic mass is 9.97. The maximum absolute atomic E-state index is 13.6. The predicted molar refractivity (Wildman–Crippen MR) is 111 cm³/mol. The van der Waals surface area contributed by atoms with Gasteiger partial charge in [-0.15, -0.1) is 0 Å². The Balaban J connectivity index is 1.82. The van der Waals surface area contributed by atoms with Gasteiger partial charge in [0.25, 0.3) is 10.0 Å². The van der Waals surface area contributed by atoms with Crippen molar-refractivity contribution < 1.29 is 13.2 Å². The molecule has 2 aliphatic rings. The van der Waals surface area contributed by atoms with Gasteiger partial charge in [0.1, 0.15) is 0 Å². The van der Waals surface area contributed by atoms with Crippen LogP contribution in [0.15, 0.2) is 47.4 Å². The Bertz CT molecular complexity index is 1000. The van der Waals surface area contributed by atoms with Crippen LogP contribution >= 0.6 is 0 Å². The van der Waals surface area contributed by atoms with Gasteiger partial charge in [-0.25, -0.2) is 8.42 Å². The molecule has 4 rings (SSSR count). The van der Waals surface area contributed by atoms with E-state index in [9.17, 15) is 13.2 Å². The van der Waals surface area contributed by atoms with Crippen molar-refractivity contribution in [2.45, 2.75) is 50.3 Å². The zero-order valence-corrected chi connectivity index (χ0v) is 17.2. The zero-order valence-electron chi connectivity index (χ0n) is 16.4. The monoisotopic (exact) mass is 398 g/mol. The minimum atomic E-state index is -3.71.